The number of hydrogen-bond acceptors (Lipinski definition) is 2. The average molecular weight is 297 g/mol. The summed E-state index contributed by atoms with van der Waals surface area (Å²) >= 11 is 0. The van der Waals surface area contributed by atoms with Gasteiger partial charge in [-0.05, 0) is 6.07 Å². The van der Waals surface area contributed by atoms with Gasteiger partial charge >= 0.3 is 0 Å². The van der Waals surface area contributed by atoms with E-state index >= 15 is 0 Å². The molecule has 0 atom stereocenters. The zero-order valence-corrected chi connectivity index (χ0v) is 11.6. The number of halogens is 2. The lowest BCUT2D eigenvalue weighted by Crippen LogP contribution is -1.88. The predicted molar refractivity (Wildman–Crippen MR) is 83.1 cm³/mol. The molecule has 5 heteroatoms. The summed E-state index contributed by atoms with van der Waals surface area (Å²) in [4.78, 5) is 8.90. The topological polar surface area (TPSA) is 57.3 Å². The van der Waals surface area contributed by atoms with Gasteiger partial charge < -0.3 is 5.48 Å². The van der Waals surface area contributed by atoms with Gasteiger partial charge in [0.1, 0.15) is 0 Å². The van der Waals surface area contributed by atoms with Crippen molar-refractivity contribution >= 4 is 35.7 Å². The molecule has 1 aromatic heterocycles. The van der Waals surface area contributed by atoms with Crippen molar-refractivity contribution in [3.63, 3.8) is 0 Å². The number of nitrogens with zero attached hydrogens (tertiary/aromatic N) is 2. The Morgan fingerprint density at radius 2 is 1.37 bits per heavy atom. The lowest BCUT2D eigenvalue weighted by Gasteiger charge is -2.01. The summed E-state index contributed by atoms with van der Waals surface area (Å²) in [5.41, 5.74) is 2.03. The molecule has 3 aromatic rings. The molecule has 19 heavy (non-hydrogen) atoms. The van der Waals surface area contributed by atoms with Gasteiger partial charge in [0, 0.05) is 17.1 Å². The fraction of sp³-hybridized carbons (Fsp3) is 0. The van der Waals surface area contributed by atoms with Crippen LogP contribution in [-0.2, 0) is 0 Å². The van der Waals surface area contributed by atoms with Crippen LogP contribution in [-0.4, -0.2) is 15.4 Å². The molecule has 0 aliphatic heterocycles. The second-order valence-electron chi connectivity index (χ2n) is 3.62. The van der Waals surface area contributed by atoms with Crippen molar-refractivity contribution in [2.24, 2.45) is 0 Å². The molecular formula is C14H14Cl2N2O. The Bertz CT molecular complexity index is 632. The van der Waals surface area contributed by atoms with Gasteiger partial charge in [-0.15, -0.1) is 24.8 Å². The summed E-state index contributed by atoms with van der Waals surface area (Å²) in [5.74, 6) is 0.777. The second kappa shape index (κ2) is 7.69. The number of fused-ring (bicyclic) bond motifs is 1. The zero-order valence-electron chi connectivity index (χ0n) is 9.98. The minimum atomic E-state index is 0. The van der Waals surface area contributed by atoms with Crippen molar-refractivity contribution in [2.75, 3.05) is 0 Å². The number of para-hydroxylation sites is 1. The normalized spacial score (nSPS) is 8.84. The van der Waals surface area contributed by atoms with Crippen LogP contribution in [0.4, 0.5) is 0 Å². The highest BCUT2D eigenvalue weighted by Gasteiger charge is 2.01. The number of aromatic nitrogens is 2. The van der Waals surface area contributed by atoms with E-state index in [-0.39, 0.29) is 30.3 Å². The smallest absolute Gasteiger partial charge is 0.159 e. The standard InChI is InChI=1S/C14H10N2.2ClH.H2O/c1-2-6-11(7-3-1)14-15-10-12-8-4-5-9-13(12)16-14;;;/h1-10H;2*1H;1H2. The third-order valence-corrected chi connectivity index (χ3v) is 2.52. The molecule has 0 saturated heterocycles. The number of hydrogen-bond donors (Lipinski definition) is 0. The van der Waals surface area contributed by atoms with Crippen LogP contribution in [0.25, 0.3) is 22.3 Å². The third-order valence-electron chi connectivity index (χ3n) is 2.52. The van der Waals surface area contributed by atoms with Crippen molar-refractivity contribution in [1.29, 1.82) is 0 Å². The van der Waals surface area contributed by atoms with Crippen LogP contribution in [0.2, 0.25) is 0 Å². The van der Waals surface area contributed by atoms with Gasteiger partial charge in [0.15, 0.2) is 5.82 Å². The summed E-state index contributed by atoms with van der Waals surface area (Å²) in [6.45, 7) is 0. The first-order valence-electron chi connectivity index (χ1n) is 5.21. The average Bonchev–Trinajstić information content (AvgIpc) is 2.39. The Morgan fingerprint density at radius 1 is 0.737 bits per heavy atom. The van der Waals surface area contributed by atoms with Crippen molar-refractivity contribution in [3.05, 3.63) is 60.8 Å². The Labute approximate surface area is 123 Å². The summed E-state index contributed by atoms with van der Waals surface area (Å²) in [6.07, 6.45) is 1.87. The highest BCUT2D eigenvalue weighted by Crippen LogP contribution is 2.17. The van der Waals surface area contributed by atoms with Crippen LogP contribution >= 0.6 is 24.8 Å². The van der Waals surface area contributed by atoms with E-state index in [1.807, 2.05) is 60.8 Å². The zero-order chi connectivity index (χ0) is 10.8. The van der Waals surface area contributed by atoms with E-state index in [1.165, 1.54) is 0 Å². The maximum atomic E-state index is 4.53. The fourth-order valence-corrected chi connectivity index (χ4v) is 1.70. The molecule has 2 N–H and O–H groups in total. The van der Waals surface area contributed by atoms with Crippen LogP contribution in [0.5, 0.6) is 0 Å². The highest BCUT2D eigenvalue weighted by atomic mass is 35.5. The summed E-state index contributed by atoms with van der Waals surface area (Å²) in [7, 11) is 0. The molecule has 0 bridgehead atoms. The molecule has 0 aliphatic carbocycles. The first-order chi connectivity index (χ1) is 7.93. The maximum absolute atomic E-state index is 4.53. The minimum absolute atomic E-state index is 0. The SMILES string of the molecule is Cl.Cl.O.c1ccc(-c2ncc3ccccc3n2)cc1. The van der Waals surface area contributed by atoms with Crippen LogP contribution in [0.3, 0.4) is 0 Å². The van der Waals surface area contributed by atoms with Crippen LogP contribution in [0, 0.1) is 0 Å². The summed E-state index contributed by atoms with van der Waals surface area (Å²) < 4.78 is 0. The molecule has 0 radical (unpaired) electrons. The van der Waals surface area contributed by atoms with Crippen LogP contribution in [0.1, 0.15) is 0 Å². The first-order valence-corrected chi connectivity index (χ1v) is 5.21. The predicted octanol–water partition coefficient (Wildman–Crippen LogP) is 3.32. The quantitative estimate of drug-likeness (QED) is 0.692. The van der Waals surface area contributed by atoms with E-state index in [0.717, 1.165) is 22.3 Å². The van der Waals surface area contributed by atoms with Gasteiger partial charge in [-0.1, -0.05) is 48.5 Å². The molecule has 0 aliphatic rings. The lowest BCUT2D eigenvalue weighted by atomic mass is 10.2. The molecule has 2 aromatic carbocycles. The van der Waals surface area contributed by atoms with E-state index in [9.17, 15) is 0 Å². The van der Waals surface area contributed by atoms with E-state index in [2.05, 4.69) is 9.97 Å². The number of rotatable bonds is 1. The van der Waals surface area contributed by atoms with Gasteiger partial charge in [0.2, 0.25) is 0 Å². The van der Waals surface area contributed by atoms with E-state index in [4.69, 9.17) is 0 Å². The maximum Gasteiger partial charge on any atom is 0.159 e. The number of benzene rings is 2. The van der Waals surface area contributed by atoms with Gasteiger partial charge in [0.05, 0.1) is 5.52 Å². The highest BCUT2D eigenvalue weighted by molar-refractivity contribution is 5.85. The molecule has 0 fully saturated rings. The summed E-state index contributed by atoms with van der Waals surface area (Å²) in [6, 6.07) is 18.0. The van der Waals surface area contributed by atoms with E-state index < -0.39 is 0 Å². The largest absolute Gasteiger partial charge is 0.412 e. The molecule has 3 rings (SSSR count). The van der Waals surface area contributed by atoms with Crippen molar-refractivity contribution in [3.8, 4) is 11.4 Å². The minimum Gasteiger partial charge on any atom is -0.412 e. The van der Waals surface area contributed by atoms with Crippen molar-refractivity contribution in [2.45, 2.75) is 0 Å². The van der Waals surface area contributed by atoms with Gasteiger partial charge in [-0.3, -0.25) is 0 Å². The van der Waals surface area contributed by atoms with E-state index in [1.54, 1.807) is 0 Å². The Hall–Kier alpha value is -1.68. The van der Waals surface area contributed by atoms with E-state index in [0.29, 0.717) is 0 Å². The van der Waals surface area contributed by atoms with Crippen molar-refractivity contribution < 1.29 is 5.48 Å². The fourth-order valence-electron chi connectivity index (χ4n) is 1.70. The third kappa shape index (κ3) is 3.64. The molecule has 1 heterocycles. The Kier molecular flexibility index (Phi) is 7.01. The van der Waals surface area contributed by atoms with Gasteiger partial charge in [-0.2, -0.15) is 0 Å². The second-order valence-corrected chi connectivity index (χ2v) is 3.62. The molecule has 0 amide bonds. The lowest BCUT2D eigenvalue weighted by molar-refractivity contribution is 0.824. The first kappa shape index (κ1) is 17.3. The Balaban J connectivity index is 0.00000108. The molecule has 100 valence electrons. The summed E-state index contributed by atoms with van der Waals surface area (Å²) in [5, 5.41) is 1.07. The molecule has 0 saturated carbocycles. The van der Waals surface area contributed by atoms with Crippen LogP contribution in [0.15, 0.2) is 60.8 Å². The molecule has 3 nitrogen and oxygen atoms in total. The van der Waals surface area contributed by atoms with Crippen LogP contribution < -0.4 is 0 Å². The molecular weight excluding hydrogens is 283 g/mol. The Morgan fingerprint density at radius 3 is 2.11 bits per heavy atom. The molecule has 0 unspecified atom stereocenters. The van der Waals surface area contributed by atoms with Gasteiger partial charge in [0.25, 0.3) is 0 Å². The van der Waals surface area contributed by atoms with Gasteiger partial charge in [-0.25, -0.2) is 9.97 Å². The monoisotopic (exact) mass is 296 g/mol. The molecule has 0 spiro atoms. The van der Waals surface area contributed by atoms with Crippen molar-refractivity contribution in [1.82, 2.24) is 9.97 Å².